The summed E-state index contributed by atoms with van der Waals surface area (Å²) in [6.45, 7) is 7.97. The molecule has 2 aromatic rings. The van der Waals surface area contributed by atoms with E-state index >= 15 is 0 Å². The van der Waals surface area contributed by atoms with Gasteiger partial charge in [0.15, 0.2) is 17.9 Å². The summed E-state index contributed by atoms with van der Waals surface area (Å²) in [6.07, 6.45) is -5.41. The Morgan fingerprint density at radius 1 is 1.06 bits per heavy atom. The number of aliphatic hydroxyl groups is 2. The maximum absolute atomic E-state index is 13.9. The molecule has 0 bridgehead atoms. The van der Waals surface area contributed by atoms with Gasteiger partial charge >= 0.3 is 0 Å². The first-order chi connectivity index (χ1) is 23.9. The summed E-state index contributed by atoms with van der Waals surface area (Å²) in [7, 11) is 1.32. The van der Waals surface area contributed by atoms with Crippen LogP contribution in [-0.4, -0.2) is 98.9 Å². The van der Waals surface area contributed by atoms with Crippen LogP contribution in [0.2, 0.25) is 0 Å². The van der Waals surface area contributed by atoms with Gasteiger partial charge in [-0.3, -0.25) is 24.0 Å². The Hall–Kier alpha value is -4.41. The fourth-order valence-electron chi connectivity index (χ4n) is 7.08. The number of ketones is 3. The van der Waals surface area contributed by atoms with Crippen LogP contribution in [0.3, 0.4) is 0 Å². The van der Waals surface area contributed by atoms with E-state index in [1.54, 1.807) is 0 Å². The molecular weight excluding hydrogens is 666 g/mol. The number of nitrogens with one attached hydrogen (secondary N) is 2. The van der Waals surface area contributed by atoms with E-state index in [4.69, 9.17) is 19.9 Å². The monoisotopic (exact) mass is 711 g/mol. The van der Waals surface area contributed by atoms with Gasteiger partial charge < -0.3 is 51.0 Å². The number of amides is 2. The molecule has 5 rings (SSSR count). The predicted octanol–water partition coefficient (Wildman–Crippen LogP) is 1.06. The van der Waals surface area contributed by atoms with Crippen molar-refractivity contribution in [2.45, 2.75) is 109 Å². The number of hydrogen-bond acceptors (Lipinski definition) is 13. The number of carbonyl (C=O) groups is 5. The highest BCUT2D eigenvalue weighted by atomic mass is 16.7. The number of phenolic OH excluding ortho intramolecular Hbond substituents is 2. The van der Waals surface area contributed by atoms with Gasteiger partial charge in [-0.15, -0.1) is 0 Å². The molecule has 2 amide bonds. The molecule has 2 aliphatic carbocycles. The Morgan fingerprint density at radius 3 is 2.35 bits per heavy atom. The van der Waals surface area contributed by atoms with Crippen LogP contribution in [0.4, 0.5) is 0 Å². The van der Waals surface area contributed by atoms with Crippen molar-refractivity contribution in [3.63, 3.8) is 0 Å². The average Bonchev–Trinajstić information content (AvgIpc) is 3.06. The third-order valence-electron chi connectivity index (χ3n) is 9.90. The molecule has 1 saturated heterocycles. The maximum atomic E-state index is 13.9. The maximum Gasteiger partial charge on any atom is 0.242 e. The summed E-state index contributed by atoms with van der Waals surface area (Å²) < 4.78 is 17.5. The largest absolute Gasteiger partial charge is 0.507 e. The number of aliphatic hydroxyl groups excluding tert-OH is 1. The summed E-state index contributed by atoms with van der Waals surface area (Å²) >= 11 is 0. The van der Waals surface area contributed by atoms with E-state index < -0.39 is 113 Å². The van der Waals surface area contributed by atoms with E-state index in [9.17, 15) is 44.4 Å². The average molecular weight is 712 g/mol. The molecule has 3 aliphatic rings. The second-order valence-electron chi connectivity index (χ2n) is 14.1. The minimum Gasteiger partial charge on any atom is -0.507 e. The lowest BCUT2D eigenvalue weighted by Crippen LogP contribution is -2.59. The molecule has 0 saturated carbocycles. The van der Waals surface area contributed by atoms with E-state index in [-0.39, 0.29) is 40.3 Å². The Kier molecular flexibility index (Phi) is 10.6. The summed E-state index contributed by atoms with van der Waals surface area (Å²) in [5, 5.41) is 50.9. The predicted molar refractivity (Wildman–Crippen MR) is 179 cm³/mol. The fourth-order valence-corrected chi connectivity index (χ4v) is 7.08. The van der Waals surface area contributed by atoms with Crippen LogP contribution < -0.4 is 21.1 Å². The van der Waals surface area contributed by atoms with Gasteiger partial charge in [-0.25, -0.2) is 0 Å². The van der Waals surface area contributed by atoms with Crippen molar-refractivity contribution >= 4 is 29.2 Å². The molecule has 0 spiro atoms. The Labute approximate surface area is 294 Å². The van der Waals surface area contributed by atoms with Crippen LogP contribution >= 0.6 is 0 Å². The van der Waals surface area contributed by atoms with E-state index in [0.29, 0.717) is 6.42 Å². The van der Waals surface area contributed by atoms with Gasteiger partial charge in [-0.05, 0) is 39.2 Å². The number of benzene rings is 2. The summed E-state index contributed by atoms with van der Waals surface area (Å²) in [6, 6.07) is 1.58. The lowest BCUT2D eigenvalue weighted by atomic mass is 9.72. The molecule has 51 heavy (non-hydrogen) atoms. The van der Waals surface area contributed by atoms with Crippen molar-refractivity contribution < 1.29 is 58.6 Å². The topological polar surface area (TPSA) is 244 Å². The van der Waals surface area contributed by atoms with E-state index in [1.165, 1.54) is 39.2 Å². The van der Waals surface area contributed by atoms with Crippen LogP contribution in [0.1, 0.15) is 103 Å². The molecule has 0 unspecified atom stereocenters. The molecule has 15 nitrogen and oxygen atoms in total. The molecule has 276 valence electrons. The number of fused-ring (bicyclic) bond motifs is 3. The molecule has 0 radical (unpaired) electrons. The SMILES string of the molecule is COc1cccc2c1C(=O)c1c(O)c3c(c(O)c1C2=O)C[C@@](O)(C(C)=O)C[C@@H]3O[C@H]1C[C@H](NC(=O)[C@H](C)NC(=O)[C@@H](N)CC(C)C)[C@H](O)[C@H](C)O1. The van der Waals surface area contributed by atoms with Gasteiger partial charge in [0.25, 0.3) is 0 Å². The number of ether oxygens (including phenoxy) is 3. The minimum atomic E-state index is -2.11. The molecule has 8 atom stereocenters. The summed E-state index contributed by atoms with van der Waals surface area (Å²) in [5.41, 5.74) is 2.40. The zero-order chi connectivity index (χ0) is 37.7. The number of aromatic hydroxyl groups is 2. The van der Waals surface area contributed by atoms with Gasteiger partial charge in [0, 0.05) is 36.0 Å². The standard InChI is InChI=1S/C36H45N3O12/c1-14(2)10-20(37)35(47)38-15(3)34(46)39-21-11-24(50-16(4)29(21)41)51-23-13-36(48,17(5)40)12-19-26(23)33(45)28-27(31(19)43)30(42)18-8-7-9-22(49-6)25(18)32(28)44/h7-9,14-16,20-21,23-24,29,41,43,45,48H,10-13,37H2,1-6H3,(H,38,47)(H,39,46)/t15-,16-,20-,21-,23-,24-,29+,36-/m0/s1. The van der Waals surface area contributed by atoms with Crippen molar-refractivity contribution in [1.82, 2.24) is 10.6 Å². The molecule has 0 aromatic heterocycles. The van der Waals surface area contributed by atoms with Crippen molar-refractivity contribution in [3.05, 3.63) is 51.6 Å². The number of carbonyl (C=O) groups excluding carboxylic acids is 5. The first kappa shape index (κ1) is 37.8. The number of nitrogens with two attached hydrogens (primary N) is 1. The highest BCUT2D eigenvalue weighted by Crippen LogP contribution is 2.52. The van der Waals surface area contributed by atoms with Crippen molar-refractivity contribution in [3.8, 4) is 17.2 Å². The zero-order valence-electron chi connectivity index (χ0n) is 29.3. The number of methoxy groups -OCH3 is 1. The second-order valence-corrected chi connectivity index (χ2v) is 14.1. The van der Waals surface area contributed by atoms with Crippen LogP contribution in [-0.2, 0) is 30.3 Å². The fraction of sp³-hybridized carbons (Fsp3) is 0.528. The molecule has 1 aliphatic heterocycles. The van der Waals surface area contributed by atoms with Crippen LogP contribution in [0.15, 0.2) is 18.2 Å². The Morgan fingerprint density at radius 2 is 1.73 bits per heavy atom. The smallest absolute Gasteiger partial charge is 0.242 e. The molecule has 15 heteroatoms. The number of phenols is 2. The third kappa shape index (κ3) is 6.96. The minimum absolute atomic E-state index is 0.0598. The molecule has 1 fully saturated rings. The molecule has 2 aromatic carbocycles. The first-order valence-corrected chi connectivity index (χ1v) is 16.9. The summed E-state index contributed by atoms with van der Waals surface area (Å²) in [4.78, 5) is 66.0. The van der Waals surface area contributed by atoms with E-state index in [2.05, 4.69) is 10.6 Å². The Balaban J connectivity index is 1.46. The number of rotatable bonds is 10. The quantitative estimate of drug-likeness (QED) is 0.146. The molecular formula is C36H45N3O12. The van der Waals surface area contributed by atoms with Crippen molar-refractivity contribution in [1.29, 1.82) is 0 Å². The van der Waals surface area contributed by atoms with Crippen LogP contribution in [0.5, 0.6) is 17.2 Å². The lowest BCUT2D eigenvalue weighted by Gasteiger charge is -2.43. The first-order valence-electron chi connectivity index (χ1n) is 16.9. The van der Waals surface area contributed by atoms with Crippen LogP contribution in [0, 0.1) is 5.92 Å². The molecule has 1 heterocycles. The van der Waals surface area contributed by atoms with Gasteiger partial charge in [-0.2, -0.15) is 0 Å². The zero-order valence-corrected chi connectivity index (χ0v) is 29.3. The molecule has 8 N–H and O–H groups in total. The Bertz CT molecular complexity index is 1780. The highest BCUT2D eigenvalue weighted by Gasteiger charge is 2.49. The van der Waals surface area contributed by atoms with Crippen LogP contribution in [0.25, 0.3) is 0 Å². The van der Waals surface area contributed by atoms with Gasteiger partial charge in [0.2, 0.25) is 17.6 Å². The normalized spacial score (nSPS) is 26.7. The second kappa shape index (κ2) is 14.3. The highest BCUT2D eigenvalue weighted by molar-refractivity contribution is 6.31. The van der Waals surface area contributed by atoms with E-state index in [0.717, 1.165) is 6.92 Å². The van der Waals surface area contributed by atoms with Gasteiger partial charge in [-0.1, -0.05) is 26.0 Å². The van der Waals surface area contributed by atoms with Crippen molar-refractivity contribution in [2.24, 2.45) is 11.7 Å². The lowest BCUT2D eigenvalue weighted by molar-refractivity contribution is -0.249. The van der Waals surface area contributed by atoms with E-state index in [1.807, 2.05) is 13.8 Å². The van der Waals surface area contributed by atoms with Gasteiger partial charge in [0.05, 0.1) is 48.1 Å². The number of Topliss-reactive ketones (excluding diaryl/α,β-unsaturated/α-hetero) is 1. The van der Waals surface area contributed by atoms with Crippen molar-refractivity contribution in [2.75, 3.05) is 7.11 Å². The third-order valence-corrected chi connectivity index (χ3v) is 9.90. The summed E-state index contributed by atoms with van der Waals surface area (Å²) in [5.74, 6) is -4.50. The van der Waals surface area contributed by atoms with Gasteiger partial charge in [0.1, 0.15) is 35.0 Å². The number of hydrogen-bond donors (Lipinski definition) is 7.